The van der Waals surface area contributed by atoms with Crippen molar-refractivity contribution in [1.82, 2.24) is 0 Å². The summed E-state index contributed by atoms with van der Waals surface area (Å²) in [7, 11) is 0. The summed E-state index contributed by atoms with van der Waals surface area (Å²) in [6.07, 6.45) is 1.00. The molecule has 0 aliphatic rings. The van der Waals surface area contributed by atoms with Gasteiger partial charge in [-0.15, -0.1) is 0 Å². The van der Waals surface area contributed by atoms with Crippen LogP contribution in [0.1, 0.15) is 54.9 Å². The van der Waals surface area contributed by atoms with Crippen LogP contribution >= 0.6 is 0 Å². The summed E-state index contributed by atoms with van der Waals surface area (Å²) in [5, 5.41) is 0. The molecule has 84 valence electrons. The molecule has 0 spiro atoms. The van der Waals surface area contributed by atoms with E-state index in [4.69, 9.17) is 0 Å². The van der Waals surface area contributed by atoms with Crippen LogP contribution in [0.15, 0.2) is 0 Å². The summed E-state index contributed by atoms with van der Waals surface area (Å²) in [5.74, 6) is 1.29. The second-order valence-corrected chi connectivity index (χ2v) is 6.17. The van der Waals surface area contributed by atoms with E-state index in [0.717, 1.165) is 6.42 Å². The average Bonchev–Trinajstić information content (AvgIpc) is 1.96. The molecule has 1 atom stereocenters. The Labute approximate surface area is 89.3 Å². The van der Waals surface area contributed by atoms with Crippen LogP contribution in [0.2, 0.25) is 0 Å². The fourth-order valence-electron chi connectivity index (χ4n) is 1.75. The molecule has 0 aromatic carbocycles. The third-order valence-corrected chi connectivity index (χ3v) is 2.57. The molecule has 1 heteroatoms. The Bertz CT molecular complexity index is 184. The molecule has 0 aliphatic heterocycles. The third kappa shape index (κ3) is 4.78. The molecule has 0 rings (SSSR count). The van der Waals surface area contributed by atoms with E-state index < -0.39 is 0 Å². The van der Waals surface area contributed by atoms with Crippen LogP contribution < -0.4 is 0 Å². The van der Waals surface area contributed by atoms with Gasteiger partial charge in [-0.3, -0.25) is 4.79 Å². The van der Waals surface area contributed by atoms with E-state index in [0.29, 0.717) is 11.7 Å². The molecule has 0 radical (unpaired) electrons. The first-order valence-electron chi connectivity index (χ1n) is 5.69. The molecule has 0 bridgehead atoms. The van der Waals surface area contributed by atoms with Crippen LogP contribution in [0.5, 0.6) is 0 Å². The standard InChI is InChI=1S/C13H26O/c1-9(2)11(8-13(5,6)7)12(14)10(3)4/h9-11H,8H2,1-7H3. The van der Waals surface area contributed by atoms with Crippen molar-refractivity contribution in [2.75, 3.05) is 0 Å². The van der Waals surface area contributed by atoms with Gasteiger partial charge in [-0.2, -0.15) is 0 Å². The fourth-order valence-corrected chi connectivity index (χ4v) is 1.75. The highest BCUT2D eigenvalue weighted by Gasteiger charge is 2.28. The second-order valence-electron chi connectivity index (χ2n) is 6.17. The molecule has 0 saturated heterocycles. The maximum atomic E-state index is 12.0. The Morgan fingerprint density at radius 1 is 1.07 bits per heavy atom. The highest BCUT2D eigenvalue weighted by molar-refractivity contribution is 5.83. The lowest BCUT2D eigenvalue weighted by molar-refractivity contribution is -0.128. The Morgan fingerprint density at radius 3 is 1.71 bits per heavy atom. The summed E-state index contributed by atoms with van der Waals surface area (Å²) in [6.45, 7) is 14.9. The van der Waals surface area contributed by atoms with Crippen molar-refractivity contribution >= 4 is 5.78 Å². The van der Waals surface area contributed by atoms with E-state index >= 15 is 0 Å². The minimum Gasteiger partial charge on any atom is -0.299 e. The molecule has 14 heavy (non-hydrogen) atoms. The van der Waals surface area contributed by atoms with E-state index in [9.17, 15) is 4.79 Å². The molecule has 0 heterocycles. The predicted octanol–water partition coefficient (Wildman–Crippen LogP) is 3.92. The van der Waals surface area contributed by atoms with E-state index in [1.54, 1.807) is 0 Å². The fraction of sp³-hybridized carbons (Fsp3) is 0.923. The maximum absolute atomic E-state index is 12.0. The molecule has 0 aromatic rings. The van der Waals surface area contributed by atoms with E-state index in [2.05, 4.69) is 34.6 Å². The molecule has 0 aromatic heterocycles. The second kappa shape index (κ2) is 4.95. The number of Topliss-reactive ketones (excluding diaryl/α,β-unsaturated/α-hetero) is 1. The largest absolute Gasteiger partial charge is 0.299 e. The number of hydrogen-bond acceptors (Lipinski definition) is 1. The summed E-state index contributed by atoms with van der Waals surface area (Å²) in [6, 6.07) is 0. The van der Waals surface area contributed by atoms with Crippen molar-refractivity contribution in [1.29, 1.82) is 0 Å². The van der Waals surface area contributed by atoms with Gasteiger partial charge in [0.2, 0.25) is 0 Å². The van der Waals surface area contributed by atoms with Crippen LogP contribution in [-0.2, 0) is 4.79 Å². The van der Waals surface area contributed by atoms with Gasteiger partial charge in [0.05, 0.1) is 0 Å². The molecule has 0 amide bonds. The molecular formula is C13H26O. The van der Waals surface area contributed by atoms with Crippen LogP contribution in [0, 0.1) is 23.2 Å². The summed E-state index contributed by atoms with van der Waals surface area (Å²) >= 11 is 0. The zero-order chi connectivity index (χ0) is 11.5. The maximum Gasteiger partial charge on any atom is 0.138 e. The average molecular weight is 198 g/mol. The highest BCUT2D eigenvalue weighted by Crippen LogP contribution is 2.30. The molecule has 0 N–H and O–H groups in total. The van der Waals surface area contributed by atoms with Crippen LogP contribution in [-0.4, -0.2) is 5.78 Å². The molecule has 0 aliphatic carbocycles. The molecule has 1 unspecified atom stereocenters. The van der Waals surface area contributed by atoms with Gasteiger partial charge < -0.3 is 0 Å². The summed E-state index contributed by atoms with van der Waals surface area (Å²) in [5.41, 5.74) is 0.249. The van der Waals surface area contributed by atoms with E-state index in [1.165, 1.54) is 0 Å². The predicted molar refractivity (Wildman–Crippen MR) is 62.2 cm³/mol. The van der Waals surface area contributed by atoms with Gasteiger partial charge in [0.1, 0.15) is 5.78 Å². The van der Waals surface area contributed by atoms with Gasteiger partial charge in [-0.05, 0) is 17.8 Å². The van der Waals surface area contributed by atoms with Crippen molar-refractivity contribution < 1.29 is 4.79 Å². The lowest BCUT2D eigenvalue weighted by atomic mass is 9.75. The van der Waals surface area contributed by atoms with E-state index in [1.807, 2.05) is 13.8 Å². The number of ketones is 1. The minimum absolute atomic E-state index is 0.171. The highest BCUT2D eigenvalue weighted by atomic mass is 16.1. The van der Waals surface area contributed by atoms with Gasteiger partial charge >= 0.3 is 0 Å². The topological polar surface area (TPSA) is 17.1 Å². The number of hydrogen-bond donors (Lipinski definition) is 0. The van der Waals surface area contributed by atoms with Gasteiger partial charge in [-0.1, -0.05) is 48.5 Å². The first kappa shape index (κ1) is 13.7. The molecular weight excluding hydrogens is 172 g/mol. The zero-order valence-electron chi connectivity index (χ0n) is 10.8. The first-order valence-corrected chi connectivity index (χ1v) is 5.69. The van der Waals surface area contributed by atoms with Gasteiger partial charge in [0.25, 0.3) is 0 Å². The number of rotatable bonds is 4. The number of carbonyl (C=O) groups is 1. The molecule has 0 saturated carbocycles. The Balaban J connectivity index is 4.54. The SMILES string of the molecule is CC(C)C(=O)C(CC(C)(C)C)C(C)C. The van der Waals surface area contributed by atoms with Crippen molar-refractivity contribution in [3.63, 3.8) is 0 Å². The minimum atomic E-state index is 0.171. The summed E-state index contributed by atoms with van der Waals surface area (Å²) in [4.78, 5) is 12.0. The van der Waals surface area contributed by atoms with Crippen molar-refractivity contribution in [2.24, 2.45) is 23.2 Å². The van der Waals surface area contributed by atoms with Crippen LogP contribution in [0.4, 0.5) is 0 Å². The quantitative estimate of drug-likeness (QED) is 0.669. The van der Waals surface area contributed by atoms with Crippen molar-refractivity contribution in [2.45, 2.75) is 54.9 Å². The smallest absolute Gasteiger partial charge is 0.138 e. The lowest BCUT2D eigenvalue weighted by Gasteiger charge is -2.28. The Kier molecular flexibility index (Phi) is 4.83. The van der Waals surface area contributed by atoms with E-state index in [-0.39, 0.29) is 17.3 Å². The third-order valence-electron chi connectivity index (χ3n) is 2.57. The molecule has 1 nitrogen and oxygen atoms in total. The summed E-state index contributed by atoms with van der Waals surface area (Å²) < 4.78 is 0. The number of carbonyl (C=O) groups excluding carboxylic acids is 1. The van der Waals surface area contributed by atoms with Gasteiger partial charge in [0, 0.05) is 11.8 Å². The normalized spacial score (nSPS) is 14.9. The molecule has 0 fully saturated rings. The van der Waals surface area contributed by atoms with Gasteiger partial charge in [0.15, 0.2) is 0 Å². The lowest BCUT2D eigenvalue weighted by Crippen LogP contribution is -2.28. The van der Waals surface area contributed by atoms with Crippen LogP contribution in [0.25, 0.3) is 0 Å². The Hall–Kier alpha value is -0.330. The Morgan fingerprint density at radius 2 is 1.50 bits per heavy atom. The van der Waals surface area contributed by atoms with Crippen molar-refractivity contribution in [3.05, 3.63) is 0 Å². The van der Waals surface area contributed by atoms with Crippen LogP contribution in [0.3, 0.4) is 0 Å². The van der Waals surface area contributed by atoms with Crippen molar-refractivity contribution in [3.8, 4) is 0 Å². The van der Waals surface area contributed by atoms with Gasteiger partial charge in [-0.25, -0.2) is 0 Å². The monoisotopic (exact) mass is 198 g/mol. The zero-order valence-corrected chi connectivity index (χ0v) is 10.8. The first-order chi connectivity index (χ1) is 6.15.